The Kier molecular flexibility index (Phi) is 11.3. The second kappa shape index (κ2) is 16.9. The lowest BCUT2D eigenvalue weighted by Crippen LogP contribution is -2.22. The van der Waals surface area contributed by atoms with Crippen molar-refractivity contribution in [2.75, 3.05) is 31.0 Å². The maximum atomic E-state index is 14.0. The molecular weight excluding hydrogens is 785 g/mol. The molecule has 8 rings (SSSR count). The largest absolute Gasteiger partial charge is 0.494 e. The van der Waals surface area contributed by atoms with Crippen LogP contribution < -0.4 is 31.6 Å². The zero-order valence-electron chi connectivity index (χ0n) is 34.2. The van der Waals surface area contributed by atoms with Gasteiger partial charge in [-0.25, -0.2) is 9.97 Å². The van der Waals surface area contributed by atoms with Crippen LogP contribution in [0.5, 0.6) is 11.5 Å². The molecular formula is C42H48N12O7. The number of imidazole rings is 2. The third-order valence-corrected chi connectivity index (χ3v) is 10.9. The number of fused-ring (bicyclic) bond motifs is 2. The molecule has 0 saturated heterocycles. The van der Waals surface area contributed by atoms with Crippen molar-refractivity contribution in [3.05, 3.63) is 82.5 Å². The summed E-state index contributed by atoms with van der Waals surface area (Å²) in [5, 5.41) is 24.4. The molecule has 61 heavy (non-hydrogen) atoms. The number of carbonyl (C=O) groups is 4. The number of allylic oxidation sites excluding steroid dienone is 2. The Morgan fingerprint density at radius 3 is 1.64 bits per heavy atom. The molecule has 318 valence electrons. The second-order valence-electron chi connectivity index (χ2n) is 15.6. The number of amides is 4. The van der Waals surface area contributed by atoms with Crippen LogP contribution >= 0.6 is 0 Å². The number of nitrogens with zero attached hydrogens (tertiary/aromatic N) is 8. The number of ether oxygens (including phenoxy) is 2. The summed E-state index contributed by atoms with van der Waals surface area (Å²) >= 11 is 0. The zero-order valence-corrected chi connectivity index (χ0v) is 34.2. The average Bonchev–Trinajstić information content (AvgIpc) is 4.09. The molecule has 0 aliphatic heterocycles. The predicted octanol–water partition coefficient (Wildman–Crippen LogP) is 3.94. The van der Waals surface area contributed by atoms with Crippen LogP contribution in [0.3, 0.4) is 0 Å². The number of hydrogen-bond acceptors (Lipinski definition) is 11. The van der Waals surface area contributed by atoms with Gasteiger partial charge in [0.25, 0.3) is 11.8 Å². The van der Waals surface area contributed by atoms with Gasteiger partial charge in [0.15, 0.2) is 0 Å². The quantitative estimate of drug-likeness (QED) is 0.0577. The van der Waals surface area contributed by atoms with Gasteiger partial charge < -0.3 is 35.2 Å². The maximum Gasteiger partial charge on any atom is 0.276 e. The molecule has 2 aromatic carbocycles. The van der Waals surface area contributed by atoms with Crippen LogP contribution in [0.25, 0.3) is 22.1 Å². The van der Waals surface area contributed by atoms with E-state index in [9.17, 15) is 24.3 Å². The monoisotopic (exact) mass is 832 g/mol. The number of benzene rings is 2. The summed E-state index contributed by atoms with van der Waals surface area (Å²) < 4.78 is 18.7. The number of anilines is 2. The molecule has 6 aromatic rings. The Morgan fingerprint density at radius 1 is 0.754 bits per heavy atom. The van der Waals surface area contributed by atoms with Crippen molar-refractivity contribution in [1.29, 1.82) is 0 Å². The number of primary amides is 2. The first-order valence-electron chi connectivity index (χ1n) is 20.2. The topological polar surface area (TPSA) is 254 Å². The van der Waals surface area contributed by atoms with Gasteiger partial charge in [-0.1, -0.05) is 12.2 Å². The van der Waals surface area contributed by atoms with Gasteiger partial charge in [0.1, 0.15) is 33.9 Å². The number of nitrogens with one attached hydrogen (secondary N) is 2. The highest BCUT2D eigenvalue weighted by atomic mass is 16.5. The lowest BCUT2D eigenvalue weighted by atomic mass is 10.1. The fraction of sp³-hybridized carbons (Fsp3) is 0.381. The van der Waals surface area contributed by atoms with E-state index < -0.39 is 23.6 Å². The highest BCUT2D eigenvalue weighted by Crippen LogP contribution is 2.35. The minimum atomic E-state index is -0.690. The molecule has 4 aromatic heterocycles. The van der Waals surface area contributed by atoms with Gasteiger partial charge in [-0.2, -0.15) is 10.2 Å². The molecule has 7 N–H and O–H groups in total. The molecule has 2 fully saturated rings. The fourth-order valence-electron chi connectivity index (χ4n) is 7.40. The van der Waals surface area contributed by atoms with E-state index in [1.165, 1.54) is 25.3 Å². The van der Waals surface area contributed by atoms with Crippen molar-refractivity contribution in [1.82, 2.24) is 38.7 Å². The van der Waals surface area contributed by atoms with Gasteiger partial charge in [0.2, 0.25) is 23.7 Å². The van der Waals surface area contributed by atoms with Crippen molar-refractivity contribution in [2.45, 2.75) is 72.1 Å². The highest BCUT2D eigenvalue weighted by molar-refractivity contribution is 6.06. The smallest absolute Gasteiger partial charge is 0.276 e. The lowest BCUT2D eigenvalue weighted by molar-refractivity contribution is 0.0991. The van der Waals surface area contributed by atoms with Crippen LogP contribution in [0.4, 0.5) is 11.9 Å². The Bertz CT molecular complexity index is 2710. The molecule has 19 nitrogen and oxygen atoms in total. The van der Waals surface area contributed by atoms with E-state index in [0.29, 0.717) is 76.1 Å². The summed E-state index contributed by atoms with van der Waals surface area (Å²) in [5.74, 6) is -0.232. The van der Waals surface area contributed by atoms with Crippen LogP contribution in [0.2, 0.25) is 0 Å². The van der Waals surface area contributed by atoms with Crippen molar-refractivity contribution < 1.29 is 33.8 Å². The molecule has 0 atom stereocenters. The Labute approximate surface area is 349 Å². The summed E-state index contributed by atoms with van der Waals surface area (Å²) in [5.41, 5.74) is 15.7. The van der Waals surface area contributed by atoms with E-state index in [-0.39, 0.29) is 55.1 Å². The minimum absolute atomic E-state index is 0.112. The van der Waals surface area contributed by atoms with Gasteiger partial charge >= 0.3 is 0 Å². The van der Waals surface area contributed by atoms with Crippen molar-refractivity contribution in [3.8, 4) is 11.5 Å². The number of aryl methyl sites for hydroxylation is 2. The molecule has 0 unspecified atom stereocenters. The SMILES string of the molecule is COc1cc(C(N)=O)cc2nc(NC(=O)c3c(C)cnn3CC3CC3)n(CC=CCn3c(NC(=O)c4c(C)cnn4CC4CC4)nc4cc(C(N)=O)cc(OCCCO)c43)c12. The third kappa shape index (κ3) is 8.54. The summed E-state index contributed by atoms with van der Waals surface area (Å²) in [6.07, 6.45) is 11.7. The highest BCUT2D eigenvalue weighted by Gasteiger charge is 2.29. The van der Waals surface area contributed by atoms with E-state index in [4.69, 9.17) is 30.9 Å². The Balaban J connectivity index is 1.16. The third-order valence-electron chi connectivity index (χ3n) is 10.9. The molecule has 19 heteroatoms. The number of aliphatic hydroxyl groups is 1. The molecule has 4 amide bonds. The summed E-state index contributed by atoms with van der Waals surface area (Å²) in [7, 11) is 1.47. The Morgan fingerprint density at radius 2 is 1.21 bits per heavy atom. The number of methoxy groups -OCH3 is 1. The summed E-state index contributed by atoms with van der Waals surface area (Å²) in [6, 6.07) is 6.12. The van der Waals surface area contributed by atoms with Gasteiger partial charge in [-0.15, -0.1) is 0 Å². The van der Waals surface area contributed by atoms with Crippen LogP contribution in [-0.4, -0.2) is 87.7 Å². The van der Waals surface area contributed by atoms with Crippen molar-refractivity contribution in [2.24, 2.45) is 23.3 Å². The second-order valence-corrected chi connectivity index (χ2v) is 15.6. The van der Waals surface area contributed by atoms with Crippen LogP contribution in [-0.2, 0) is 26.2 Å². The van der Waals surface area contributed by atoms with Gasteiger partial charge in [0, 0.05) is 50.3 Å². The van der Waals surface area contributed by atoms with E-state index in [1.807, 2.05) is 26.0 Å². The van der Waals surface area contributed by atoms with Crippen LogP contribution in [0, 0.1) is 25.7 Å². The maximum absolute atomic E-state index is 14.0. The van der Waals surface area contributed by atoms with Crippen LogP contribution in [0.1, 0.15) is 84.9 Å². The molecule has 2 aliphatic carbocycles. The molecule has 0 radical (unpaired) electrons. The van der Waals surface area contributed by atoms with Gasteiger partial charge in [-0.05, 0) is 86.8 Å². The number of carbonyl (C=O) groups excluding carboxylic acids is 4. The molecule has 4 heterocycles. The van der Waals surface area contributed by atoms with E-state index >= 15 is 0 Å². The summed E-state index contributed by atoms with van der Waals surface area (Å²) in [6.45, 7) is 5.26. The first-order chi connectivity index (χ1) is 29.4. The average molecular weight is 833 g/mol. The fourth-order valence-corrected chi connectivity index (χ4v) is 7.40. The summed E-state index contributed by atoms with van der Waals surface area (Å²) in [4.78, 5) is 62.1. The number of hydrogen-bond donors (Lipinski definition) is 5. The van der Waals surface area contributed by atoms with Crippen molar-refractivity contribution in [3.63, 3.8) is 0 Å². The number of aromatic nitrogens is 8. The van der Waals surface area contributed by atoms with Gasteiger partial charge in [-0.3, -0.25) is 39.2 Å². The normalized spacial score (nSPS) is 14.0. The predicted molar refractivity (Wildman–Crippen MR) is 225 cm³/mol. The lowest BCUT2D eigenvalue weighted by Gasteiger charge is -2.14. The van der Waals surface area contributed by atoms with Crippen LogP contribution in [0.15, 0.2) is 48.8 Å². The molecule has 2 aliphatic rings. The van der Waals surface area contributed by atoms with Gasteiger partial charge in [0.05, 0.1) is 37.1 Å². The molecule has 0 spiro atoms. The first kappa shape index (κ1) is 40.7. The Hall–Kier alpha value is -7.02. The van der Waals surface area contributed by atoms with Crippen molar-refractivity contribution >= 4 is 57.6 Å². The molecule has 0 bridgehead atoms. The van der Waals surface area contributed by atoms with E-state index in [0.717, 1.165) is 31.2 Å². The number of aliphatic hydroxyl groups excluding tert-OH is 1. The number of rotatable bonds is 19. The first-order valence-corrected chi connectivity index (χ1v) is 20.2. The van der Waals surface area contributed by atoms with E-state index in [1.54, 1.807) is 37.0 Å². The zero-order chi connectivity index (χ0) is 42.9. The molecule has 2 saturated carbocycles. The number of nitrogens with two attached hydrogens (primary N) is 2. The van der Waals surface area contributed by atoms with E-state index in [2.05, 4.69) is 20.8 Å². The minimum Gasteiger partial charge on any atom is -0.494 e. The standard InChI is InChI=1S/C42H48N12O7/c1-23-19-45-53(21-25-7-8-25)33(23)39(58)49-41-47-29-15-27(37(43)56)17-31(60-3)35(29)51(41)11-4-5-12-52-36-30(16-28(38(44)57)18-32(36)61-14-6-13-55)48-42(52)50-40(59)34-24(2)20-46-54(34)22-26-9-10-26/h4-5,15-20,25-26,55H,6-14,21-22H2,1-3H3,(H2,43,56)(H2,44,57)(H,47,49,58)(H,48,50,59).